The maximum absolute atomic E-state index is 11.4. The van der Waals surface area contributed by atoms with Crippen molar-refractivity contribution in [2.24, 2.45) is 0 Å². The number of carbonyl (C=O) groups excluding carboxylic acids is 1. The topological polar surface area (TPSA) is 32.9 Å². The van der Waals surface area contributed by atoms with Crippen molar-refractivity contribution in [1.29, 1.82) is 0 Å². The van der Waals surface area contributed by atoms with Gasteiger partial charge in [0.15, 0.2) is 5.78 Å². The van der Waals surface area contributed by atoms with Crippen molar-refractivity contribution in [1.82, 2.24) is 4.98 Å². The van der Waals surface area contributed by atoms with E-state index in [9.17, 15) is 4.79 Å². The minimum atomic E-state index is 0.212. The molecule has 0 amide bonds. The molecule has 1 N–H and O–H groups in total. The molecule has 2 nitrogen and oxygen atoms in total. The molecular formula is C9H13NOS. The Labute approximate surface area is 76.7 Å². The molecule has 0 aliphatic carbocycles. The van der Waals surface area contributed by atoms with E-state index in [1.54, 1.807) is 11.8 Å². The summed E-state index contributed by atoms with van der Waals surface area (Å²) in [6.07, 6.45) is 1.94. The molecule has 1 rings (SSSR count). The molecule has 0 saturated heterocycles. The highest BCUT2D eigenvalue weighted by Gasteiger charge is 2.09. The van der Waals surface area contributed by atoms with Crippen LogP contribution in [0.3, 0.4) is 0 Å². The first-order valence-electron chi connectivity index (χ1n) is 3.83. The SMILES string of the molecule is CSCC(=O)c1cc(C)[nH]c1C. The minimum Gasteiger partial charge on any atom is -0.362 e. The average molecular weight is 183 g/mol. The van der Waals surface area contributed by atoms with Crippen LogP contribution >= 0.6 is 11.8 Å². The number of carbonyl (C=O) groups is 1. The maximum atomic E-state index is 11.4. The molecule has 0 radical (unpaired) electrons. The molecular weight excluding hydrogens is 170 g/mol. The first-order chi connectivity index (χ1) is 5.65. The maximum Gasteiger partial charge on any atom is 0.174 e. The van der Waals surface area contributed by atoms with E-state index in [1.807, 2.05) is 26.2 Å². The van der Waals surface area contributed by atoms with Crippen LogP contribution in [0.15, 0.2) is 6.07 Å². The molecule has 0 fully saturated rings. The largest absolute Gasteiger partial charge is 0.362 e. The van der Waals surface area contributed by atoms with Gasteiger partial charge in [0, 0.05) is 17.0 Å². The smallest absolute Gasteiger partial charge is 0.174 e. The van der Waals surface area contributed by atoms with Gasteiger partial charge in [-0.25, -0.2) is 0 Å². The molecule has 1 heterocycles. The van der Waals surface area contributed by atoms with Gasteiger partial charge in [-0.2, -0.15) is 11.8 Å². The zero-order chi connectivity index (χ0) is 9.14. The van der Waals surface area contributed by atoms with Crippen LogP contribution in [0, 0.1) is 13.8 Å². The molecule has 0 aliphatic rings. The van der Waals surface area contributed by atoms with Gasteiger partial charge in [0.1, 0.15) is 0 Å². The molecule has 1 aromatic rings. The van der Waals surface area contributed by atoms with Gasteiger partial charge in [0.25, 0.3) is 0 Å². The molecule has 0 saturated carbocycles. The number of aromatic nitrogens is 1. The van der Waals surface area contributed by atoms with Crippen molar-refractivity contribution in [2.75, 3.05) is 12.0 Å². The van der Waals surface area contributed by atoms with E-state index in [1.165, 1.54) is 0 Å². The van der Waals surface area contributed by atoms with Crippen molar-refractivity contribution in [3.63, 3.8) is 0 Å². The Bertz CT molecular complexity index is 291. The second-order valence-electron chi connectivity index (χ2n) is 2.85. The van der Waals surface area contributed by atoms with Crippen LogP contribution in [0.25, 0.3) is 0 Å². The number of H-pyrrole nitrogens is 1. The Morgan fingerprint density at radius 1 is 1.58 bits per heavy atom. The summed E-state index contributed by atoms with van der Waals surface area (Å²) >= 11 is 1.56. The Kier molecular flexibility index (Phi) is 2.98. The molecule has 0 spiro atoms. The Morgan fingerprint density at radius 2 is 2.25 bits per heavy atom. The quantitative estimate of drug-likeness (QED) is 0.728. The zero-order valence-corrected chi connectivity index (χ0v) is 8.42. The highest BCUT2D eigenvalue weighted by Crippen LogP contribution is 2.11. The van der Waals surface area contributed by atoms with E-state index in [0.29, 0.717) is 5.75 Å². The third kappa shape index (κ3) is 1.91. The van der Waals surface area contributed by atoms with Crippen molar-refractivity contribution < 1.29 is 4.79 Å². The van der Waals surface area contributed by atoms with Gasteiger partial charge in [-0.3, -0.25) is 4.79 Å². The molecule has 1 aromatic heterocycles. The molecule has 0 aromatic carbocycles. The number of aromatic amines is 1. The van der Waals surface area contributed by atoms with E-state index in [4.69, 9.17) is 0 Å². The van der Waals surface area contributed by atoms with Gasteiger partial charge in [0.05, 0.1) is 5.75 Å². The van der Waals surface area contributed by atoms with Crippen LogP contribution in [0.4, 0.5) is 0 Å². The third-order valence-electron chi connectivity index (χ3n) is 1.73. The van der Waals surface area contributed by atoms with Gasteiger partial charge in [-0.15, -0.1) is 0 Å². The molecule has 12 heavy (non-hydrogen) atoms. The molecule has 0 atom stereocenters. The number of rotatable bonds is 3. The summed E-state index contributed by atoms with van der Waals surface area (Å²) in [4.78, 5) is 14.6. The summed E-state index contributed by atoms with van der Waals surface area (Å²) in [7, 11) is 0. The predicted octanol–water partition coefficient (Wildman–Crippen LogP) is 2.18. The van der Waals surface area contributed by atoms with E-state index in [2.05, 4.69) is 4.98 Å². The van der Waals surface area contributed by atoms with Crippen molar-refractivity contribution in [2.45, 2.75) is 13.8 Å². The normalized spacial score (nSPS) is 10.2. The molecule has 0 aliphatic heterocycles. The number of nitrogens with one attached hydrogen (secondary N) is 1. The van der Waals surface area contributed by atoms with Crippen LogP contribution < -0.4 is 0 Å². The fourth-order valence-electron chi connectivity index (χ4n) is 1.22. The number of aryl methyl sites for hydroxylation is 2. The number of hydrogen-bond acceptors (Lipinski definition) is 2. The Hall–Kier alpha value is -0.700. The standard InChI is InChI=1S/C9H13NOS/c1-6-4-8(7(2)10-6)9(11)5-12-3/h4,10H,5H2,1-3H3. The zero-order valence-electron chi connectivity index (χ0n) is 7.60. The fourth-order valence-corrected chi connectivity index (χ4v) is 1.64. The van der Waals surface area contributed by atoms with E-state index >= 15 is 0 Å². The van der Waals surface area contributed by atoms with Gasteiger partial charge in [0.2, 0.25) is 0 Å². The van der Waals surface area contributed by atoms with Gasteiger partial charge in [-0.1, -0.05) is 0 Å². The average Bonchev–Trinajstić information content (AvgIpc) is 2.30. The number of ketones is 1. The van der Waals surface area contributed by atoms with Crippen LogP contribution in [0.2, 0.25) is 0 Å². The fraction of sp³-hybridized carbons (Fsp3) is 0.444. The lowest BCUT2D eigenvalue weighted by atomic mass is 10.2. The highest BCUT2D eigenvalue weighted by atomic mass is 32.2. The van der Waals surface area contributed by atoms with Crippen molar-refractivity contribution >= 4 is 17.5 Å². The summed E-state index contributed by atoms with van der Waals surface area (Å²) in [5.74, 6) is 0.780. The summed E-state index contributed by atoms with van der Waals surface area (Å²) < 4.78 is 0. The lowest BCUT2D eigenvalue weighted by Crippen LogP contribution is -2.02. The lowest BCUT2D eigenvalue weighted by Gasteiger charge is -1.95. The molecule has 66 valence electrons. The summed E-state index contributed by atoms with van der Waals surface area (Å²) in [5.41, 5.74) is 2.87. The molecule has 0 bridgehead atoms. The van der Waals surface area contributed by atoms with Crippen LogP contribution in [-0.2, 0) is 0 Å². The van der Waals surface area contributed by atoms with Crippen molar-refractivity contribution in [3.8, 4) is 0 Å². The van der Waals surface area contributed by atoms with Crippen LogP contribution in [0.5, 0.6) is 0 Å². The second-order valence-corrected chi connectivity index (χ2v) is 3.71. The molecule has 3 heteroatoms. The number of hydrogen-bond donors (Lipinski definition) is 1. The first-order valence-corrected chi connectivity index (χ1v) is 5.23. The Morgan fingerprint density at radius 3 is 2.67 bits per heavy atom. The van der Waals surface area contributed by atoms with Crippen molar-refractivity contribution in [3.05, 3.63) is 23.0 Å². The van der Waals surface area contributed by atoms with Gasteiger partial charge >= 0.3 is 0 Å². The van der Waals surface area contributed by atoms with Gasteiger partial charge < -0.3 is 4.98 Å². The Balaban J connectivity index is 2.87. The van der Waals surface area contributed by atoms with Gasteiger partial charge in [-0.05, 0) is 26.2 Å². The lowest BCUT2D eigenvalue weighted by molar-refractivity contribution is 0.102. The monoisotopic (exact) mass is 183 g/mol. The van der Waals surface area contributed by atoms with E-state index < -0.39 is 0 Å². The minimum absolute atomic E-state index is 0.212. The predicted molar refractivity (Wildman–Crippen MR) is 53.0 cm³/mol. The van der Waals surface area contributed by atoms with E-state index in [0.717, 1.165) is 17.0 Å². The summed E-state index contributed by atoms with van der Waals surface area (Å²) in [6.45, 7) is 3.89. The van der Waals surface area contributed by atoms with Crippen LogP contribution in [0.1, 0.15) is 21.7 Å². The van der Waals surface area contributed by atoms with E-state index in [-0.39, 0.29) is 5.78 Å². The molecule has 0 unspecified atom stereocenters. The number of thioether (sulfide) groups is 1. The first kappa shape index (κ1) is 9.39. The third-order valence-corrected chi connectivity index (χ3v) is 2.28. The number of Topliss-reactive ketones (excluding diaryl/α,β-unsaturated/α-hetero) is 1. The van der Waals surface area contributed by atoms with Crippen LogP contribution in [-0.4, -0.2) is 22.8 Å². The summed E-state index contributed by atoms with van der Waals surface area (Å²) in [5, 5.41) is 0. The highest BCUT2D eigenvalue weighted by molar-refractivity contribution is 7.99. The summed E-state index contributed by atoms with van der Waals surface area (Å²) in [6, 6.07) is 1.91. The second kappa shape index (κ2) is 3.81.